The van der Waals surface area contributed by atoms with Gasteiger partial charge < -0.3 is 15.2 Å². The molecule has 33 heavy (non-hydrogen) atoms. The van der Waals surface area contributed by atoms with E-state index >= 15 is 0 Å². The Labute approximate surface area is 195 Å². The summed E-state index contributed by atoms with van der Waals surface area (Å²) in [6.45, 7) is 1.81. The van der Waals surface area contributed by atoms with Crippen LogP contribution in [0.4, 0.5) is 15.8 Å². The Kier molecular flexibility index (Phi) is 6.01. The molecule has 7 nitrogen and oxygen atoms in total. The molecule has 170 valence electrons. The van der Waals surface area contributed by atoms with E-state index in [1.165, 1.54) is 43.5 Å². The summed E-state index contributed by atoms with van der Waals surface area (Å²) in [6, 6.07) is 14.9. The van der Waals surface area contributed by atoms with Gasteiger partial charge >= 0.3 is 0 Å². The second-order valence-electron chi connectivity index (χ2n) is 7.18. The Morgan fingerprint density at radius 3 is 2.48 bits per heavy atom. The van der Waals surface area contributed by atoms with Crippen LogP contribution in [0.3, 0.4) is 0 Å². The van der Waals surface area contributed by atoms with Crippen LogP contribution >= 0.6 is 11.6 Å². The molecule has 0 aliphatic rings. The number of nitrogens with two attached hydrogens (primary N) is 1. The van der Waals surface area contributed by atoms with Crippen molar-refractivity contribution in [3.63, 3.8) is 0 Å². The first-order valence-corrected chi connectivity index (χ1v) is 11.5. The number of aromatic nitrogens is 1. The zero-order chi connectivity index (χ0) is 23.8. The number of fused-ring (bicyclic) bond motifs is 1. The number of hydrogen-bond donors (Lipinski definition) is 2. The van der Waals surface area contributed by atoms with Crippen LogP contribution in [0.25, 0.3) is 10.9 Å². The third-order valence-electron chi connectivity index (χ3n) is 4.74. The number of anilines is 2. The van der Waals surface area contributed by atoms with Crippen molar-refractivity contribution in [1.82, 2.24) is 4.98 Å². The summed E-state index contributed by atoms with van der Waals surface area (Å²) in [5, 5.41) is 0.685. The van der Waals surface area contributed by atoms with Gasteiger partial charge in [-0.15, -0.1) is 0 Å². The maximum Gasteiger partial charge on any atom is 0.265 e. The van der Waals surface area contributed by atoms with E-state index in [9.17, 15) is 12.8 Å². The van der Waals surface area contributed by atoms with Gasteiger partial charge in [-0.1, -0.05) is 11.6 Å². The molecule has 1 aromatic heterocycles. The molecule has 0 spiro atoms. The Morgan fingerprint density at radius 1 is 1.06 bits per heavy atom. The number of nitrogen functional groups attached to an aromatic ring is 1. The minimum Gasteiger partial charge on any atom is -0.493 e. The SMILES string of the molecule is COc1c(N)cc(Cl)cc1S(=O)(=O)Nc1ccc(Oc2cc(C)nc3ccc(F)cc23)cc1. The quantitative estimate of drug-likeness (QED) is 0.347. The Morgan fingerprint density at radius 2 is 1.79 bits per heavy atom. The number of benzene rings is 3. The van der Waals surface area contributed by atoms with E-state index in [1.807, 2.05) is 6.92 Å². The summed E-state index contributed by atoms with van der Waals surface area (Å²) in [4.78, 5) is 4.19. The van der Waals surface area contributed by atoms with Gasteiger partial charge in [0.2, 0.25) is 0 Å². The Balaban J connectivity index is 1.60. The fourth-order valence-electron chi connectivity index (χ4n) is 3.31. The number of sulfonamides is 1. The highest BCUT2D eigenvalue weighted by molar-refractivity contribution is 7.92. The summed E-state index contributed by atoms with van der Waals surface area (Å²) >= 11 is 5.98. The third-order valence-corrected chi connectivity index (χ3v) is 6.34. The molecule has 10 heteroatoms. The number of nitrogens with zero attached hydrogens (tertiary/aromatic N) is 1. The lowest BCUT2D eigenvalue weighted by molar-refractivity contribution is 0.405. The fourth-order valence-corrected chi connectivity index (χ4v) is 4.89. The fraction of sp³-hybridized carbons (Fsp3) is 0.0870. The predicted octanol–water partition coefficient (Wildman–Crippen LogP) is 5.52. The first-order valence-electron chi connectivity index (χ1n) is 9.67. The lowest BCUT2D eigenvalue weighted by Gasteiger charge is -2.14. The standard InChI is InChI=1S/C23H19ClFN3O4S/c1-13-9-21(18-12-15(25)3-8-20(18)27-13)32-17-6-4-16(5-7-17)28-33(29,30)22-11-14(24)10-19(26)23(22)31-2/h3-12,28H,26H2,1-2H3. The van der Waals surface area contributed by atoms with Gasteiger partial charge in [-0.25, -0.2) is 12.8 Å². The summed E-state index contributed by atoms with van der Waals surface area (Å²) in [6.07, 6.45) is 0. The maximum atomic E-state index is 13.7. The van der Waals surface area contributed by atoms with Crippen LogP contribution in [0.1, 0.15) is 5.69 Å². The molecule has 4 rings (SSSR count). The minimum atomic E-state index is -4.04. The van der Waals surface area contributed by atoms with Crippen LogP contribution in [-0.4, -0.2) is 20.5 Å². The normalized spacial score (nSPS) is 11.4. The second kappa shape index (κ2) is 8.76. The highest BCUT2D eigenvalue weighted by Gasteiger charge is 2.22. The molecule has 3 aromatic carbocycles. The molecule has 0 aliphatic heterocycles. The van der Waals surface area contributed by atoms with E-state index in [4.69, 9.17) is 26.8 Å². The minimum absolute atomic E-state index is 0.000907. The molecule has 0 saturated carbocycles. The summed E-state index contributed by atoms with van der Waals surface area (Å²) in [7, 11) is -2.72. The molecule has 0 aliphatic carbocycles. The van der Waals surface area contributed by atoms with Crippen molar-refractivity contribution < 1.29 is 22.3 Å². The van der Waals surface area contributed by atoms with Gasteiger partial charge in [-0.3, -0.25) is 9.71 Å². The Bertz CT molecular complexity index is 1460. The van der Waals surface area contributed by atoms with E-state index in [0.717, 1.165) is 0 Å². The van der Waals surface area contributed by atoms with Crippen molar-refractivity contribution in [3.8, 4) is 17.2 Å². The van der Waals surface area contributed by atoms with Crippen LogP contribution in [0.5, 0.6) is 17.2 Å². The lowest BCUT2D eigenvalue weighted by Crippen LogP contribution is -2.14. The summed E-state index contributed by atoms with van der Waals surface area (Å²) < 4.78 is 53.1. The van der Waals surface area contributed by atoms with Gasteiger partial charge in [-0.05, 0) is 61.5 Å². The molecule has 3 N–H and O–H groups in total. The van der Waals surface area contributed by atoms with Crippen LogP contribution in [-0.2, 0) is 10.0 Å². The molecule has 0 radical (unpaired) electrons. The summed E-state index contributed by atoms with van der Waals surface area (Å²) in [5.41, 5.74) is 7.53. The van der Waals surface area contributed by atoms with Crippen LogP contribution in [0.2, 0.25) is 5.02 Å². The molecular weight excluding hydrogens is 469 g/mol. The molecular formula is C23H19ClFN3O4S. The number of aryl methyl sites for hydroxylation is 1. The van der Waals surface area contributed by atoms with E-state index < -0.39 is 15.8 Å². The second-order valence-corrected chi connectivity index (χ2v) is 9.27. The number of ether oxygens (including phenoxy) is 2. The topological polar surface area (TPSA) is 104 Å². The number of halogens is 2. The van der Waals surface area contributed by atoms with E-state index in [2.05, 4.69) is 9.71 Å². The molecule has 0 fully saturated rings. The number of pyridine rings is 1. The number of rotatable bonds is 6. The monoisotopic (exact) mass is 487 g/mol. The van der Waals surface area contributed by atoms with Crippen molar-refractivity contribution in [2.75, 3.05) is 17.6 Å². The van der Waals surface area contributed by atoms with Gasteiger partial charge in [0.25, 0.3) is 10.0 Å². The lowest BCUT2D eigenvalue weighted by atomic mass is 10.2. The zero-order valence-electron chi connectivity index (χ0n) is 17.6. The zero-order valence-corrected chi connectivity index (χ0v) is 19.2. The molecule has 4 aromatic rings. The molecule has 0 unspecified atom stereocenters. The predicted molar refractivity (Wildman–Crippen MR) is 126 cm³/mol. The van der Waals surface area contributed by atoms with Gasteiger partial charge in [0.05, 0.1) is 18.3 Å². The first-order chi connectivity index (χ1) is 15.7. The van der Waals surface area contributed by atoms with Crippen molar-refractivity contribution in [1.29, 1.82) is 0 Å². The number of nitrogens with one attached hydrogen (secondary N) is 1. The Hall–Kier alpha value is -3.56. The molecule has 0 atom stereocenters. The van der Waals surface area contributed by atoms with Crippen molar-refractivity contribution in [2.24, 2.45) is 0 Å². The molecule has 1 heterocycles. The highest BCUT2D eigenvalue weighted by atomic mass is 35.5. The van der Waals surface area contributed by atoms with E-state index in [-0.39, 0.29) is 27.0 Å². The van der Waals surface area contributed by atoms with E-state index in [1.54, 1.807) is 24.3 Å². The molecule has 0 bridgehead atoms. The van der Waals surface area contributed by atoms with Gasteiger partial charge in [0, 0.05) is 27.9 Å². The summed E-state index contributed by atoms with van der Waals surface area (Å²) in [5.74, 6) is 0.460. The van der Waals surface area contributed by atoms with Crippen molar-refractivity contribution in [2.45, 2.75) is 11.8 Å². The smallest absolute Gasteiger partial charge is 0.265 e. The molecule has 0 amide bonds. The van der Waals surface area contributed by atoms with Crippen LogP contribution in [0, 0.1) is 12.7 Å². The van der Waals surface area contributed by atoms with Gasteiger partial charge in [0.1, 0.15) is 22.2 Å². The average Bonchev–Trinajstić information content (AvgIpc) is 2.75. The largest absolute Gasteiger partial charge is 0.493 e. The van der Waals surface area contributed by atoms with E-state index in [0.29, 0.717) is 28.1 Å². The number of methoxy groups -OCH3 is 1. The van der Waals surface area contributed by atoms with Gasteiger partial charge in [0.15, 0.2) is 5.75 Å². The third kappa shape index (κ3) is 4.79. The average molecular weight is 488 g/mol. The van der Waals surface area contributed by atoms with Crippen molar-refractivity contribution in [3.05, 3.63) is 77.2 Å². The highest BCUT2D eigenvalue weighted by Crippen LogP contribution is 2.35. The van der Waals surface area contributed by atoms with Gasteiger partial charge in [-0.2, -0.15) is 0 Å². The first kappa shape index (κ1) is 22.6. The van der Waals surface area contributed by atoms with Crippen LogP contribution in [0.15, 0.2) is 65.6 Å². The van der Waals surface area contributed by atoms with Crippen LogP contribution < -0.4 is 19.9 Å². The maximum absolute atomic E-state index is 13.7. The van der Waals surface area contributed by atoms with Crippen molar-refractivity contribution >= 4 is 43.9 Å². The number of hydrogen-bond acceptors (Lipinski definition) is 6. The molecule has 0 saturated heterocycles.